The number of hydrazine groups is 1. The Bertz CT molecular complexity index is 573. The molecular formula is C14H18FN5. The van der Waals surface area contributed by atoms with E-state index in [1.54, 1.807) is 6.07 Å². The highest BCUT2D eigenvalue weighted by atomic mass is 19.1. The van der Waals surface area contributed by atoms with Crippen LogP contribution in [0.25, 0.3) is 0 Å². The molecule has 0 saturated heterocycles. The summed E-state index contributed by atoms with van der Waals surface area (Å²) in [5.74, 6) is 6.58. The van der Waals surface area contributed by atoms with Crippen molar-refractivity contribution in [2.45, 2.75) is 19.8 Å². The normalized spacial score (nSPS) is 10.3. The van der Waals surface area contributed by atoms with E-state index >= 15 is 0 Å². The summed E-state index contributed by atoms with van der Waals surface area (Å²) in [5, 5.41) is 3.24. The van der Waals surface area contributed by atoms with Crippen LogP contribution in [0.1, 0.15) is 18.1 Å². The molecule has 5 nitrogen and oxygen atoms in total. The van der Waals surface area contributed by atoms with Crippen LogP contribution in [0.4, 0.5) is 16.0 Å². The van der Waals surface area contributed by atoms with Crippen LogP contribution in [0.15, 0.2) is 30.6 Å². The molecule has 0 radical (unpaired) electrons. The fourth-order valence-corrected chi connectivity index (χ4v) is 2.04. The first kappa shape index (κ1) is 14.2. The van der Waals surface area contributed by atoms with Gasteiger partial charge in [0, 0.05) is 12.1 Å². The zero-order valence-electron chi connectivity index (χ0n) is 11.4. The van der Waals surface area contributed by atoms with E-state index in [4.69, 9.17) is 5.84 Å². The molecule has 0 spiro atoms. The number of nitrogen functional groups attached to an aromatic ring is 1. The molecule has 6 heteroatoms. The third kappa shape index (κ3) is 3.42. The van der Waals surface area contributed by atoms with Gasteiger partial charge < -0.3 is 10.7 Å². The van der Waals surface area contributed by atoms with E-state index in [0.717, 1.165) is 29.8 Å². The van der Waals surface area contributed by atoms with E-state index in [-0.39, 0.29) is 5.82 Å². The minimum Gasteiger partial charge on any atom is -0.369 e. The van der Waals surface area contributed by atoms with E-state index < -0.39 is 0 Å². The van der Waals surface area contributed by atoms with Crippen molar-refractivity contribution in [3.8, 4) is 0 Å². The van der Waals surface area contributed by atoms with Gasteiger partial charge in [-0.3, -0.25) is 0 Å². The quantitative estimate of drug-likeness (QED) is 0.556. The van der Waals surface area contributed by atoms with Crippen molar-refractivity contribution in [3.05, 3.63) is 47.5 Å². The van der Waals surface area contributed by atoms with Crippen molar-refractivity contribution in [1.82, 2.24) is 9.97 Å². The molecule has 0 aliphatic carbocycles. The van der Waals surface area contributed by atoms with Gasteiger partial charge in [-0.1, -0.05) is 19.1 Å². The smallest absolute Gasteiger partial charge is 0.148 e. The second-order valence-electron chi connectivity index (χ2n) is 4.35. The van der Waals surface area contributed by atoms with Crippen LogP contribution in [0.3, 0.4) is 0 Å². The Morgan fingerprint density at radius 3 is 2.75 bits per heavy atom. The fraction of sp³-hybridized carbons (Fsp3) is 0.286. The predicted molar refractivity (Wildman–Crippen MR) is 77.8 cm³/mol. The van der Waals surface area contributed by atoms with Crippen molar-refractivity contribution in [1.29, 1.82) is 0 Å². The van der Waals surface area contributed by atoms with Crippen molar-refractivity contribution >= 4 is 11.6 Å². The van der Waals surface area contributed by atoms with E-state index in [2.05, 4.69) is 20.7 Å². The van der Waals surface area contributed by atoms with Crippen molar-refractivity contribution in [2.24, 2.45) is 5.84 Å². The molecule has 4 N–H and O–H groups in total. The Morgan fingerprint density at radius 1 is 1.25 bits per heavy atom. The Hall–Kier alpha value is -2.21. The van der Waals surface area contributed by atoms with E-state index in [1.165, 1.54) is 18.5 Å². The molecule has 20 heavy (non-hydrogen) atoms. The average Bonchev–Trinajstić information content (AvgIpc) is 2.47. The third-order valence-electron chi connectivity index (χ3n) is 3.03. The van der Waals surface area contributed by atoms with Gasteiger partial charge in [0.15, 0.2) is 0 Å². The summed E-state index contributed by atoms with van der Waals surface area (Å²) in [4.78, 5) is 8.28. The molecule has 0 bridgehead atoms. The summed E-state index contributed by atoms with van der Waals surface area (Å²) in [6.07, 6.45) is 2.94. The van der Waals surface area contributed by atoms with Crippen LogP contribution in [0.2, 0.25) is 0 Å². The number of rotatable bonds is 6. The second-order valence-corrected chi connectivity index (χ2v) is 4.35. The standard InChI is InChI=1S/C14H18FN5/c1-2-12-13(18-9-19-14(12)20-16)17-7-6-10-4-3-5-11(15)8-10/h3-5,8-9H,2,6-7,16H2,1H3,(H2,17,18,19,20). The number of anilines is 2. The highest BCUT2D eigenvalue weighted by Crippen LogP contribution is 2.19. The highest BCUT2D eigenvalue weighted by molar-refractivity contribution is 5.56. The summed E-state index contributed by atoms with van der Waals surface area (Å²) < 4.78 is 13.1. The molecule has 0 fully saturated rings. The summed E-state index contributed by atoms with van der Waals surface area (Å²) in [5.41, 5.74) is 4.45. The van der Waals surface area contributed by atoms with Gasteiger partial charge in [-0.2, -0.15) is 0 Å². The van der Waals surface area contributed by atoms with Gasteiger partial charge in [-0.15, -0.1) is 0 Å². The lowest BCUT2D eigenvalue weighted by molar-refractivity contribution is 0.625. The van der Waals surface area contributed by atoms with Gasteiger partial charge in [0.05, 0.1) is 0 Å². The van der Waals surface area contributed by atoms with Crippen LogP contribution in [-0.2, 0) is 12.8 Å². The minimum atomic E-state index is -0.214. The molecule has 1 aromatic heterocycles. The van der Waals surface area contributed by atoms with Gasteiger partial charge in [0.2, 0.25) is 0 Å². The molecule has 2 rings (SSSR count). The van der Waals surface area contributed by atoms with Crippen LogP contribution in [0, 0.1) is 5.82 Å². The Balaban J connectivity index is 2.01. The van der Waals surface area contributed by atoms with Gasteiger partial charge in [-0.25, -0.2) is 20.2 Å². The first-order valence-corrected chi connectivity index (χ1v) is 6.53. The molecule has 0 saturated carbocycles. The average molecular weight is 275 g/mol. The zero-order chi connectivity index (χ0) is 14.4. The minimum absolute atomic E-state index is 0.214. The molecule has 2 aromatic rings. The van der Waals surface area contributed by atoms with Gasteiger partial charge in [-0.05, 0) is 30.5 Å². The van der Waals surface area contributed by atoms with Crippen LogP contribution < -0.4 is 16.6 Å². The summed E-state index contributed by atoms with van der Waals surface area (Å²) in [6, 6.07) is 6.59. The molecule has 0 aliphatic rings. The summed E-state index contributed by atoms with van der Waals surface area (Å²) in [6.45, 7) is 2.68. The lowest BCUT2D eigenvalue weighted by Crippen LogP contribution is -2.15. The zero-order valence-corrected chi connectivity index (χ0v) is 11.4. The third-order valence-corrected chi connectivity index (χ3v) is 3.03. The second kappa shape index (κ2) is 6.81. The van der Waals surface area contributed by atoms with Crippen molar-refractivity contribution in [3.63, 3.8) is 0 Å². The predicted octanol–water partition coefficient (Wildman–Crippen LogP) is 2.12. The topological polar surface area (TPSA) is 75.9 Å². The van der Waals surface area contributed by atoms with Gasteiger partial charge in [0.1, 0.15) is 23.8 Å². The largest absolute Gasteiger partial charge is 0.369 e. The Labute approximate surface area is 117 Å². The summed E-state index contributed by atoms with van der Waals surface area (Å²) in [7, 11) is 0. The molecule has 0 atom stereocenters. The Morgan fingerprint density at radius 2 is 2.05 bits per heavy atom. The van der Waals surface area contributed by atoms with Crippen LogP contribution in [0.5, 0.6) is 0 Å². The lowest BCUT2D eigenvalue weighted by atomic mass is 10.1. The molecule has 0 aliphatic heterocycles. The molecular weight excluding hydrogens is 257 g/mol. The molecule has 1 heterocycles. The molecule has 1 aromatic carbocycles. The summed E-state index contributed by atoms with van der Waals surface area (Å²) >= 11 is 0. The van der Waals surface area contributed by atoms with Gasteiger partial charge >= 0.3 is 0 Å². The lowest BCUT2D eigenvalue weighted by Gasteiger charge is -2.12. The maximum absolute atomic E-state index is 13.1. The van der Waals surface area contributed by atoms with Crippen LogP contribution in [-0.4, -0.2) is 16.5 Å². The maximum Gasteiger partial charge on any atom is 0.148 e. The van der Waals surface area contributed by atoms with E-state index in [0.29, 0.717) is 12.4 Å². The number of nitrogens with two attached hydrogens (primary N) is 1. The number of nitrogens with one attached hydrogen (secondary N) is 2. The molecule has 0 unspecified atom stereocenters. The highest BCUT2D eigenvalue weighted by Gasteiger charge is 2.08. The first-order valence-electron chi connectivity index (χ1n) is 6.53. The van der Waals surface area contributed by atoms with Crippen molar-refractivity contribution < 1.29 is 4.39 Å². The number of hydrogen-bond acceptors (Lipinski definition) is 5. The molecule has 106 valence electrons. The molecule has 0 amide bonds. The SMILES string of the molecule is CCc1c(NN)ncnc1NCCc1cccc(F)c1. The first-order chi connectivity index (χ1) is 9.74. The number of benzene rings is 1. The van der Waals surface area contributed by atoms with Crippen molar-refractivity contribution in [2.75, 3.05) is 17.3 Å². The van der Waals surface area contributed by atoms with E-state index in [1.807, 2.05) is 13.0 Å². The fourth-order valence-electron chi connectivity index (χ4n) is 2.04. The van der Waals surface area contributed by atoms with E-state index in [9.17, 15) is 4.39 Å². The number of aromatic nitrogens is 2. The monoisotopic (exact) mass is 275 g/mol. The van der Waals surface area contributed by atoms with Gasteiger partial charge in [0.25, 0.3) is 0 Å². The number of halogens is 1. The Kier molecular flexibility index (Phi) is 4.84. The van der Waals surface area contributed by atoms with Crippen LogP contribution >= 0.6 is 0 Å². The maximum atomic E-state index is 13.1. The number of nitrogens with zero attached hydrogens (tertiary/aromatic N) is 2. The number of hydrogen-bond donors (Lipinski definition) is 3.